The number of hydrogen-bond donors (Lipinski definition) is 2. The Bertz CT molecular complexity index is 918. The van der Waals surface area contributed by atoms with Crippen LogP contribution in [-0.4, -0.2) is 23.1 Å². The maximum Gasteiger partial charge on any atom is 0.304 e. The summed E-state index contributed by atoms with van der Waals surface area (Å²) in [5.74, 6) is 4.54. The molecule has 2 rings (SSSR count). The number of carboxylic acid groups (broad SMARTS) is 1. The first-order valence-corrected chi connectivity index (χ1v) is 9.64. The van der Waals surface area contributed by atoms with Crippen LogP contribution in [0.1, 0.15) is 31.7 Å². The molecule has 0 heterocycles. The Morgan fingerprint density at radius 3 is 2.50 bits per heavy atom. The van der Waals surface area contributed by atoms with Gasteiger partial charge in [-0.15, -0.1) is 5.92 Å². The molecule has 0 saturated carbocycles. The minimum absolute atomic E-state index is 0.0760. The number of rotatable bonds is 7. The van der Waals surface area contributed by atoms with Crippen LogP contribution in [0.3, 0.4) is 0 Å². The summed E-state index contributed by atoms with van der Waals surface area (Å²) in [6.07, 6.45) is -0.809. The summed E-state index contributed by atoms with van der Waals surface area (Å²) in [6.45, 7) is 3.31. The van der Waals surface area contributed by atoms with E-state index < -0.39 is 18.0 Å². The van der Waals surface area contributed by atoms with Crippen LogP contribution in [0.25, 0.3) is 0 Å². The van der Waals surface area contributed by atoms with Gasteiger partial charge in [-0.1, -0.05) is 29.7 Å². The van der Waals surface area contributed by atoms with E-state index in [0.29, 0.717) is 20.9 Å². The highest BCUT2D eigenvalue weighted by atomic mass is 79.9. The Kier molecular flexibility index (Phi) is 7.91. The quantitative estimate of drug-likeness (QED) is 0.560. The largest absolute Gasteiger partial charge is 0.481 e. The Hall–Kier alpha value is -2.49. The number of hydrogen-bond acceptors (Lipinski definition) is 3. The fourth-order valence-corrected chi connectivity index (χ4v) is 3.23. The fourth-order valence-electron chi connectivity index (χ4n) is 2.46. The van der Waals surface area contributed by atoms with E-state index in [1.807, 2.05) is 0 Å². The van der Waals surface area contributed by atoms with Gasteiger partial charge in [-0.05, 0) is 65.7 Å². The van der Waals surface area contributed by atoms with Crippen molar-refractivity contribution in [2.24, 2.45) is 0 Å². The average molecular weight is 465 g/mol. The van der Waals surface area contributed by atoms with Crippen molar-refractivity contribution in [1.82, 2.24) is 0 Å². The number of anilines is 1. The molecule has 2 unspecified atom stereocenters. The number of aliphatic carboxylic acids is 1. The summed E-state index contributed by atoms with van der Waals surface area (Å²) in [5, 5.41) is 12.3. The summed E-state index contributed by atoms with van der Waals surface area (Å²) >= 11 is 9.25. The molecule has 2 aromatic carbocycles. The van der Waals surface area contributed by atoms with Crippen molar-refractivity contribution in [3.05, 3.63) is 57.5 Å². The van der Waals surface area contributed by atoms with Crippen molar-refractivity contribution >= 4 is 45.1 Å². The van der Waals surface area contributed by atoms with Gasteiger partial charge in [0.2, 0.25) is 0 Å². The van der Waals surface area contributed by atoms with E-state index in [4.69, 9.17) is 21.4 Å². The maximum absolute atomic E-state index is 12.4. The highest BCUT2D eigenvalue weighted by Gasteiger charge is 2.17. The SMILES string of the molecule is CC#CC(CC(=O)O)c1ccc(NC(=O)C(C)Oc2ccc(Cl)cc2Br)cc1. The molecular weight excluding hydrogens is 446 g/mol. The van der Waals surface area contributed by atoms with Gasteiger partial charge in [-0.2, -0.15) is 0 Å². The number of halogens is 2. The molecule has 0 saturated heterocycles. The molecule has 146 valence electrons. The minimum Gasteiger partial charge on any atom is -0.481 e. The van der Waals surface area contributed by atoms with Gasteiger partial charge in [0.05, 0.1) is 16.8 Å². The van der Waals surface area contributed by atoms with Crippen LogP contribution in [-0.2, 0) is 9.59 Å². The third-order valence-electron chi connectivity index (χ3n) is 3.84. The second-order valence-electron chi connectivity index (χ2n) is 5.99. The molecule has 0 fully saturated rings. The second-order valence-corrected chi connectivity index (χ2v) is 7.28. The van der Waals surface area contributed by atoms with Crippen molar-refractivity contribution in [2.45, 2.75) is 32.3 Å². The van der Waals surface area contributed by atoms with Crippen LogP contribution in [0.2, 0.25) is 5.02 Å². The summed E-state index contributed by atoms with van der Waals surface area (Å²) in [7, 11) is 0. The van der Waals surface area contributed by atoms with Crippen LogP contribution < -0.4 is 10.1 Å². The monoisotopic (exact) mass is 463 g/mol. The molecule has 2 atom stereocenters. The van der Waals surface area contributed by atoms with Crippen molar-refractivity contribution in [2.75, 3.05) is 5.32 Å². The van der Waals surface area contributed by atoms with E-state index >= 15 is 0 Å². The minimum atomic E-state index is -0.913. The molecule has 0 aliphatic rings. The molecule has 0 radical (unpaired) electrons. The number of carbonyl (C=O) groups excluding carboxylic acids is 1. The van der Waals surface area contributed by atoms with E-state index in [1.165, 1.54) is 0 Å². The summed E-state index contributed by atoms with van der Waals surface area (Å²) in [5.41, 5.74) is 1.36. The fraction of sp³-hybridized carbons (Fsp3) is 0.238. The second kappa shape index (κ2) is 10.2. The van der Waals surface area contributed by atoms with Crippen molar-refractivity contribution in [3.8, 4) is 17.6 Å². The lowest BCUT2D eigenvalue weighted by atomic mass is 9.96. The van der Waals surface area contributed by atoms with E-state index in [0.717, 1.165) is 5.56 Å². The van der Waals surface area contributed by atoms with E-state index in [-0.39, 0.29) is 12.3 Å². The Morgan fingerprint density at radius 2 is 1.93 bits per heavy atom. The Morgan fingerprint density at radius 1 is 1.25 bits per heavy atom. The molecule has 28 heavy (non-hydrogen) atoms. The number of carboxylic acids is 1. The number of amides is 1. The van der Waals surface area contributed by atoms with Crippen LogP contribution in [0.15, 0.2) is 46.9 Å². The van der Waals surface area contributed by atoms with Crippen molar-refractivity contribution < 1.29 is 19.4 Å². The van der Waals surface area contributed by atoms with E-state index in [1.54, 1.807) is 56.3 Å². The van der Waals surface area contributed by atoms with E-state index in [9.17, 15) is 9.59 Å². The van der Waals surface area contributed by atoms with Gasteiger partial charge in [0.1, 0.15) is 5.75 Å². The van der Waals surface area contributed by atoms with Gasteiger partial charge >= 0.3 is 5.97 Å². The first kappa shape index (κ1) is 21.8. The lowest BCUT2D eigenvalue weighted by molar-refractivity contribution is -0.137. The lowest BCUT2D eigenvalue weighted by Gasteiger charge is -2.16. The zero-order valence-electron chi connectivity index (χ0n) is 15.3. The first-order valence-electron chi connectivity index (χ1n) is 8.46. The summed E-state index contributed by atoms with van der Waals surface area (Å²) in [6, 6.07) is 12.0. The molecule has 0 bridgehead atoms. The molecule has 0 aliphatic carbocycles. The first-order chi connectivity index (χ1) is 13.3. The van der Waals surface area contributed by atoms with Gasteiger partial charge in [0.25, 0.3) is 5.91 Å². The third kappa shape index (κ3) is 6.29. The predicted octanol–water partition coefficient (Wildman–Crippen LogP) is 5.09. The standard InChI is InChI=1S/C21H19BrClNO4/c1-3-4-15(11-20(25)26)14-5-8-17(9-6-14)24-21(27)13(2)28-19-10-7-16(23)12-18(19)22/h5-10,12-13,15H,11H2,1-2H3,(H,24,27)(H,25,26). The molecule has 1 amide bonds. The highest BCUT2D eigenvalue weighted by Crippen LogP contribution is 2.29. The third-order valence-corrected chi connectivity index (χ3v) is 4.70. The average Bonchev–Trinajstić information content (AvgIpc) is 2.64. The summed E-state index contributed by atoms with van der Waals surface area (Å²) in [4.78, 5) is 23.4. The van der Waals surface area contributed by atoms with Gasteiger partial charge in [-0.25, -0.2) is 0 Å². The van der Waals surface area contributed by atoms with Gasteiger partial charge in [0.15, 0.2) is 6.10 Å². The number of ether oxygens (including phenoxy) is 1. The normalized spacial score (nSPS) is 12.3. The smallest absolute Gasteiger partial charge is 0.304 e. The van der Waals surface area contributed by atoms with Gasteiger partial charge < -0.3 is 15.2 Å². The maximum atomic E-state index is 12.4. The topological polar surface area (TPSA) is 75.6 Å². The molecule has 5 nitrogen and oxygen atoms in total. The molecular formula is C21H19BrClNO4. The van der Waals surface area contributed by atoms with E-state index in [2.05, 4.69) is 33.1 Å². The number of nitrogens with one attached hydrogen (secondary N) is 1. The molecule has 0 aromatic heterocycles. The molecule has 0 spiro atoms. The van der Waals surface area contributed by atoms with Crippen LogP contribution in [0.5, 0.6) is 5.75 Å². The van der Waals surface area contributed by atoms with Gasteiger partial charge in [0, 0.05) is 10.7 Å². The van der Waals surface area contributed by atoms with Gasteiger partial charge in [-0.3, -0.25) is 9.59 Å². The molecule has 7 heteroatoms. The van der Waals surface area contributed by atoms with Crippen LogP contribution >= 0.6 is 27.5 Å². The number of benzene rings is 2. The lowest BCUT2D eigenvalue weighted by Crippen LogP contribution is -2.30. The number of carbonyl (C=O) groups is 2. The molecule has 2 aromatic rings. The highest BCUT2D eigenvalue weighted by molar-refractivity contribution is 9.10. The van der Waals surface area contributed by atoms with Crippen LogP contribution in [0, 0.1) is 11.8 Å². The Balaban J connectivity index is 2.02. The van der Waals surface area contributed by atoms with Crippen molar-refractivity contribution in [1.29, 1.82) is 0 Å². The molecule has 0 aliphatic heterocycles. The molecule has 2 N–H and O–H groups in total. The van der Waals surface area contributed by atoms with Crippen LogP contribution in [0.4, 0.5) is 5.69 Å². The Labute approximate surface area is 177 Å². The van der Waals surface area contributed by atoms with Crippen molar-refractivity contribution in [3.63, 3.8) is 0 Å². The zero-order valence-corrected chi connectivity index (χ0v) is 17.7. The predicted molar refractivity (Wildman–Crippen MR) is 113 cm³/mol. The zero-order chi connectivity index (χ0) is 20.7. The summed E-state index contributed by atoms with van der Waals surface area (Å²) < 4.78 is 6.33.